The predicted octanol–water partition coefficient (Wildman–Crippen LogP) is 30.4. The smallest absolute Gasteiger partial charge is 0.300 e. The minimum absolute atomic E-state index is 0. The van der Waals surface area contributed by atoms with Gasteiger partial charge in [-0.2, -0.15) is 35.1 Å². The minimum atomic E-state index is -0.833. The first-order chi connectivity index (χ1) is 66.5. The van der Waals surface area contributed by atoms with Crippen LogP contribution in [0.1, 0.15) is 56.4 Å². The maximum Gasteiger partial charge on any atom is 0.300 e. The molecule has 0 saturated heterocycles. The summed E-state index contributed by atoms with van der Waals surface area (Å²) in [6.07, 6.45) is 0. The van der Waals surface area contributed by atoms with Crippen molar-refractivity contribution in [2.45, 2.75) is 69.5 Å². The maximum absolute atomic E-state index is 9.76. The van der Waals surface area contributed by atoms with Gasteiger partial charge in [-0.15, -0.1) is 15.1 Å². The molecule has 0 amide bonds. The number of hydrogen-bond donors (Lipinski definition) is 4. The number of nitrogens with zero attached hydrogens (tertiary/aromatic N) is 15. The number of hydrogen-bond acceptors (Lipinski definition) is 16. The molecule has 0 fully saturated rings. The molecule has 0 saturated carbocycles. The van der Waals surface area contributed by atoms with Crippen molar-refractivity contribution in [1.82, 2.24) is 40.2 Å². The van der Waals surface area contributed by atoms with Gasteiger partial charge in [-0.3, -0.25) is 9.59 Å². The summed E-state index contributed by atoms with van der Waals surface area (Å²) in [6, 6.07) is 146. The molecular formula is C116H108CuN17O5+. The number of nitrogens with two attached hydrogens (primary N) is 1. The van der Waals surface area contributed by atoms with Crippen molar-refractivity contribution in [3.05, 3.63) is 436 Å². The third kappa shape index (κ3) is 24.0. The van der Waals surface area contributed by atoms with E-state index >= 15 is 0 Å². The van der Waals surface area contributed by atoms with Gasteiger partial charge in [0.1, 0.15) is 39.0 Å². The number of H-pyrrole nitrogens is 1. The van der Waals surface area contributed by atoms with Gasteiger partial charge in [0.2, 0.25) is 0 Å². The summed E-state index contributed by atoms with van der Waals surface area (Å²) in [5.41, 5.74) is 35.1. The summed E-state index contributed by atoms with van der Waals surface area (Å²) >= 11 is 0. The number of carbonyl (C=O) groups is 2. The van der Waals surface area contributed by atoms with Gasteiger partial charge in [-0.1, -0.05) is 291 Å². The molecular weight excluding hydrogens is 1770 g/mol. The Morgan fingerprint density at radius 3 is 0.835 bits per heavy atom. The van der Waals surface area contributed by atoms with Crippen LogP contribution in [0.15, 0.2) is 446 Å². The Kier molecular flexibility index (Phi) is 33.9. The van der Waals surface area contributed by atoms with Crippen LogP contribution in [0, 0.1) is 16.7 Å². The topological polar surface area (TPSA) is 262 Å². The molecule has 697 valence electrons. The van der Waals surface area contributed by atoms with Crippen molar-refractivity contribution >= 4 is 136 Å². The fourth-order valence-electron chi connectivity index (χ4n) is 16.1. The van der Waals surface area contributed by atoms with E-state index in [9.17, 15) is 4.91 Å². The standard InChI is InChI=1S/C52H43N8.C52H44N8.C6H5NO.2C2H4O2.2CH4.Cu/c1-37(2)36-57-53-49-47(38-28-32-44(33-29-38)58(40-18-8-3-9-19-40)41-20-10-4-11-21-41)51-52(56-60(55-51)46-26-16-7-17-27-46)48(50(49)54-57)39-30-34-45(35-31-39)59(42-22-12-5-13-23-42)43-24-14-6-15-25-43;1-37(2)36-58-56-51-47(38-28-32-45(33-29-38)59(41-20-10-4-11-21-41)42-22-12-5-13-23-42)49(53)50(55-54-40-18-8-3-9-19-40)48(52(51)57-58)39-30-34-46(35-31-39)60(43-24-14-6-15-25-43)44-26-16-7-17-27-44;8-7-6-4-2-1-3-5-6;2*1-2(3)4;;;/h3-35,37H,36H2,1-2H3,(H,55,56);3-35,37H,36,53H2,1-2H3;1-5H;2*1H3,(H,3,4);2*1H4;/q+1;;;;;;;. The minimum Gasteiger partial charge on any atom is -0.481 e. The average molecular weight is 1880 g/mol. The van der Waals surface area contributed by atoms with Crippen molar-refractivity contribution in [2.75, 3.05) is 25.3 Å². The summed E-state index contributed by atoms with van der Waals surface area (Å²) < 4.78 is 0. The van der Waals surface area contributed by atoms with Crippen LogP contribution in [0.4, 0.5) is 91.0 Å². The average Bonchev–Trinajstić information content (AvgIpc) is 1.46. The third-order valence-electron chi connectivity index (χ3n) is 21.9. The second-order valence-electron chi connectivity index (χ2n) is 32.8. The first-order valence-electron chi connectivity index (χ1n) is 44.8. The van der Waals surface area contributed by atoms with Crippen molar-refractivity contribution in [2.24, 2.45) is 27.2 Å². The molecule has 0 aliphatic heterocycles. The van der Waals surface area contributed by atoms with Crippen LogP contribution in [0.2, 0.25) is 0 Å². The Balaban J connectivity index is 0.000000198. The molecule has 0 aliphatic rings. The number of nitrogens with one attached hydrogen (secondary N) is 1. The van der Waals surface area contributed by atoms with Gasteiger partial charge in [-0.05, 0) is 209 Å². The summed E-state index contributed by atoms with van der Waals surface area (Å²) in [5.74, 6) is -1.000. The van der Waals surface area contributed by atoms with Crippen molar-refractivity contribution in [1.29, 1.82) is 0 Å². The van der Waals surface area contributed by atoms with Crippen LogP contribution in [0.5, 0.6) is 0 Å². The molecule has 0 spiro atoms. The number of aromatic nitrogens is 9. The van der Waals surface area contributed by atoms with Gasteiger partial charge in [-0.25, -0.2) is 0 Å². The molecule has 5 N–H and O–H groups in total. The van der Waals surface area contributed by atoms with Crippen LogP contribution in [-0.2, 0) is 39.7 Å². The summed E-state index contributed by atoms with van der Waals surface area (Å²) in [6.45, 7) is 12.2. The Morgan fingerprint density at radius 1 is 0.324 bits per heavy atom. The van der Waals surface area contributed by atoms with E-state index in [1.165, 1.54) is 0 Å². The van der Waals surface area contributed by atoms with Crippen LogP contribution in [-0.4, -0.2) is 62.3 Å². The first-order valence-corrected chi connectivity index (χ1v) is 44.8. The summed E-state index contributed by atoms with van der Waals surface area (Å²) in [7, 11) is 0. The molecule has 1 radical (unpaired) electrons. The Bertz CT molecular complexity index is 7000. The molecule has 3 aromatic heterocycles. The Labute approximate surface area is 820 Å². The molecule has 0 aliphatic carbocycles. The zero-order valence-corrected chi connectivity index (χ0v) is 77.2. The second kappa shape index (κ2) is 47.5. The summed E-state index contributed by atoms with van der Waals surface area (Å²) in [5, 5.41) is 57.1. The van der Waals surface area contributed by atoms with E-state index in [1.54, 1.807) is 29.1 Å². The molecule has 3 heterocycles. The number of aliphatic carboxylic acids is 2. The Morgan fingerprint density at radius 2 is 0.554 bits per heavy atom. The largest absolute Gasteiger partial charge is 0.481 e. The molecule has 23 heteroatoms. The number of rotatable bonds is 24. The number of nitrogen functional groups attached to an aromatic ring is 1. The number of fused-ring (bicyclic) bond motifs is 3. The van der Waals surface area contributed by atoms with Crippen molar-refractivity contribution in [3.63, 3.8) is 0 Å². The van der Waals surface area contributed by atoms with Gasteiger partial charge in [0.15, 0.2) is 5.52 Å². The molecule has 0 bridgehead atoms. The summed E-state index contributed by atoms with van der Waals surface area (Å²) in [4.78, 5) is 42.3. The fraction of sp³-hybridized carbons (Fsp3) is 0.103. The number of carboxylic acids is 2. The fourth-order valence-corrected chi connectivity index (χ4v) is 16.1. The molecule has 20 rings (SSSR count). The maximum atomic E-state index is 9.76. The molecule has 0 unspecified atom stereocenters. The van der Waals surface area contributed by atoms with Crippen molar-refractivity contribution < 1.29 is 41.7 Å². The molecule has 22 nitrogen and oxygen atoms in total. The van der Waals surface area contributed by atoms with Gasteiger partial charge in [0, 0.05) is 143 Å². The van der Waals surface area contributed by atoms with Crippen LogP contribution >= 0.6 is 0 Å². The normalized spacial score (nSPS) is 10.7. The van der Waals surface area contributed by atoms with E-state index in [0.717, 1.165) is 160 Å². The first kappa shape index (κ1) is 99.1. The number of benzene rings is 17. The molecule has 17 aromatic carbocycles. The van der Waals surface area contributed by atoms with E-state index in [-0.39, 0.29) is 31.9 Å². The Hall–Kier alpha value is -17.4. The van der Waals surface area contributed by atoms with Gasteiger partial charge >= 0.3 is 0 Å². The van der Waals surface area contributed by atoms with E-state index in [4.69, 9.17) is 61.3 Å². The van der Waals surface area contributed by atoms with Crippen LogP contribution in [0.25, 0.3) is 83.3 Å². The number of carboxylic acid groups (broad SMARTS) is 2. The zero-order chi connectivity index (χ0) is 94.2. The second-order valence-corrected chi connectivity index (χ2v) is 32.8. The number of para-hydroxylation sites is 9. The van der Waals surface area contributed by atoms with Crippen LogP contribution < -0.4 is 30.1 Å². The number of anilines is 13. The van der Waals surface area contributed by atoms with E-state index in [2.05, 4.69) is 361 Å². The van der Waals surface area contributed by atoms with Gasteiger partial charge in [0.25, 0.3) is 17.6 Å². The number of aromatic amines is 1. The van der Waals surface area contributed by atoms with Gasteiger partial charge in [0.05, 0.1) is 24.5 Å². The van der Waals surface area contributed by atoms with E-state index < -0.39 is 11.9 Å². The predicted molar refractivity (Wildman–Crippen MR) is 563 cm³/mol. The molecule has 20 aromatic rings. The molecule has 0 atom stereocenters. The quantitative estimate of drug-likeness (QED) is 0.0144. The SMILES string of the molecule is C.C.CC(=O)O.CC(=O)O.CC(C)Cn1nc2c(-c3ccc(N(c4ccccc4)c4ccccc4)cc3)c(N)c(N=Nc3ccccc3)c(-c3ccc(N(c4ccccc4)c4ccccc4)cc3)c2n1.CC(C)Cn1nc2c(-c3ccc(N(c4ccccc4)c4ccccc4)cc3)c3n[n+](-c4ccccc4)[nH]c3c(-c3ccc(N(c4ccccc4)c4ccccc4)cc3)c2n1.O=Nc1ccccc1.[Cu]. The number of nitroso groups, excluding NO2 is 1. The van der Waals surface area contributed by atoms with E-state index in [1.807, 2.05) is 113 Å². The van der Waals surface area contributed by atoms with Gasteiger partial charge < -0.3 is 35.5 Å². The van der Waals surface area contributed by atoms with Crippen molar-refractivity contribution in [3.8, 4) is 50.2 Å². The third-order valence-corrected chi connectivity index (χ3v) is 21.9. The molecule has 139 heavy (non-hydrogen) atoms. The monoisotopic (exact) mass is 1880 g/mol. The van der Waals surface area contributed by atoms with E-state index in [0.29, 0.717) is 53.0 Å². The van der Waals surface area contributed by atoms with Crippen LogP contribution in [0.3, 0.4) is 0 Å². The zero-order valence-electron chi connectivity index (χ0n) is 76.3. The number of azo groups is 1.